The van der Waals surface area contributed by atoms with Gasteiger partial charge in [0.1, 0.15) is 0 Å². The van der Waals surface area contributed by atoms with Crippen LogP contribution in [0.5, 0.6) is 17.2 Å². The molecule has 0 radical (unpaired) electrons. The molecule has 0 bridgehead atoms. The number of amides is 1. The van der Waals surface area contributed by atoms with Crippen molar-refractivity contribution in [3.63, 3.8) is 0 Å². The Morgan fingerprint density at radius 3 is 2.34 bits per heavy atom. The summed E-state index contributed by atoms with van der Waals surface area (Å²) < 4.78 is 21.5. The second-order valence-corrected chi connectivity index (χ2v) is 7.39. The molecule has 0 aliphatic rings. The molecule has 0 atom stereocenters. The number of hydrogen-bond acceptors (Lipinski definition) is 7. The van der Waals surface area contributed by atoms with E-state index in [4.69, 9.17) is 18.7 Å². The van der Waals surface area contributed by atoms with Crippen molar-refractivity contribution in [2.45, 2.75) is 26.7 Å². The van der Waals surface area contributed by atoms with Gasteiger partial charge in [0.2, 0.25) is 11.7 Å². The summed E-state index contributed by atoms with van der Waals surface area (Å²) in [6.45, 7) is 5.88. The van der Waals surface area contributed by atoms with Crippen LogP contribution in [0.3, 0.4) is 0 Å². The first-order valence-corrected chi connectivity index (χ1v) is 10.1. The SMILES string of the molecule is COc1cc(/C=C/C(=O)Nc2c(C)cccc2-c2nc(C(C)C)no2)cc(OC)c1OC. The molecule has 2 aromatic carbocycles. The number of aromatic nitrogens is 2. The van der Waals surface area contributed by atoms with Gasteiger partial charge in [0.15, 0.2) is 17.3 Å². The minimum Gasteiger partial charge on any atom is -0.493 e. The van der Waals surface area contributed by atoms with Crippen LogP contribution in [0.2, 0.25) is 0 Å². The maximum Gasteiger partial charge on any atom is 0.260 e. The lowest BCUT2D eigenvalue weighted by Gasteiger charge is -2.13. The van der Waals surface area contributed by atoms with Crippen molar-refractivity contribution in [2.24, 2.45) is 0 Å². The predicted molar refractivity (Wildman–Crippen MR) is 122 cm³/mol. The number of nitrogens with zero attached hydrogens (tertiary/aromatic N) is 2. The van der Waals surface area contributed by atoms with E-state index < -0.39 is 0 Å². The number of rotatable bonds is 8. The third-order valence-electron chi connectivity index (χ3n) is 4.82. The van der Waals surface area contributed by atoms with Gasteiger partial charge in [-0.25, -0.2) is 0 Å². The number of methoxy groups -OCH3 is 3. The lowest BCUT2D eigenvalue weighted by Crippen LogP contribution is -2.10. The third kappa shape index (κ3) is 4.91. The summed E-state index contributed by atoms with van der Waals surface area (Å²) in [4.78, 5) is 17.2. The largest absolute Gasteiger partial charge is 0.493 e. The summed E-state index contributed by atoms with van der Waals surface area (Å²) in [5, 5.41) is 6.94. The summed E-state index contributed by atoms with van der Waals surface area (Å²) in [5.74, 6) is 2.30. The minimum absolute atomic E-state index is 0.136. The van der Waals surface area contributed by atoms with Crippen molar-refractivity contribution >= 4 is 17.7 Å². The van der Waals surface area contributed by atoms with Gasteiger partial charge in [-0.15, -0.1) is 0 Å². The van der Waals surface area contributed by atoms with Crippen LogP contribution in [-0.2, 0) is 4.79 Å². The Morgan fingerprint density at radius 1 is 1.09 bits per heavy atom. The second kappa shape index (κ2) is 10.00. The van der Waals surface area contributed by atoms with Crippen LogP contribution in [0, 0.1) is 6.92 Å². The van der Waals surface area contributed by atoms with Crippen molar-refractivity contribution < 1.29 is 23.5 Å². The van der Waals surface area contributed by atoms with Gasteiger partial charge in [-0.05, 0) is 42.3 Å². The Bertz CT molecular complexity index is 1110. The molecule has 0 aliphatic heterocycles. The van der Waals surface area contributed by atoms with E-state index in [2.05, 4.69) is 15.5 Å². The lowest BCUT2D eigenvalue weighted by molar-refractivity contribution is -0.111. The number of ether oxygens (including phenoxy) is 3. The summed E-state index contributed by atoms with van der Waals surface area (Å²) >= 11 is 0. The second-order valence-electron chi connectivity index (χ2n) is 7.39. The molecule has 1 aromatic heterocycles. The third-order valence-corrected chi connectivity index (χ3v) is 4.82. The van der Waals surface area contributed by atoms with E-state index in [-0.39, 0.29) is 11.8 Å². The van der Waals surface area contributed by atoms with Gasteiger partial charge in [0.05, 0.1) is 32.6 Å². The molecule has 32 heavy (non-hydrogen) atoms. The Labute approximate surface area is 187 Å². The van der Waals surface area contributed by atoms with Crippen molar-refractivity contribution in [1.29, 1.82) is 0 Å². The van der Waals surface area contributed by atoms with Crippen molar-refractivity contribution in [2.75, 3.05) is 26.6 Å². The number of carbonyl (C=O) groups is 1. The average molecular weight is 437 g/mol. The van der Waals surface area contributed by atoms with E-state index in [1.807, 2.05) is 39.0 Å². The Kier molecular flexibility index (Phi) is 7.14. The highest BCUT2D eigenvalue weighted by molar-refractivity contribution is 6.04. The van der Waals surface area contributed by atoms with Gasteiger partial charge in [0, 0.05) is 12.0 Å². The van der Waals surface area contributed by atoms with E-state index in [1.165, 1.54) is 13.2 Å². The molecule has 0 saturated carbocycles. The van der Waals surface area contributed by atoms with E-state index in [0.29, 0.717) is 40.2 Å². The number of anilines is 1. The van der Waals surface area contributed by atoms with E-state index in [9.17, 15) is 4.79 Å². The minimum atomic E-state index is -0.307. The highest BCUT2D eigenvalue weighted by Gasteiger charge is 2.17. The van der Waals surface area contributed by atoms with Gasteiger partial charge >= 0.3 is 0 Å². The van der Waals surface area contributed by atoms with Crippen LogP contribution in [-0.4, -0.2) is 37.4 Å². The van der Waals surface area contributed by atoms with Crippen LogP contribution < -0.4 is 19.5 Å². The topological polar surface area (TPSA) is 95.7 Å². The maximum absolute atomic E-state index is 12.7. The number of carbonyl (C=O) groups excluding carboxylic acids is 1. The quantitative estimate of drug-likeness (QED) is 0.504. The summed E-state index contributed by atoms with van der Waals surface area (Å²) in [7, 11) is 4.62. The number of hydrogen-bond donors (Lipinski definition) is 1. The fourth-order valence-corrected chi connectivity index (χ4v) is 3.13. The molecule has 8 nitrogen and oxygen atoms in total. The lowest BCUT2D eigenvalue weighted by atomic mass is 10.1. The maximum atomic E-state index is 12.7. The van der Waals surface area contributed by atoms with E-state index >= 15 is 0 Å². The molecule has 0 fully saturated rings. The molecule has 3 aromatic rings. The smallest absolute Gasteiger partial charge is 0.260 e. The van der Waals surface area contributed by atoms with Crippen LogP contribution in [0.4, 0.5) is 5.69 Å². The molecule has 1 heterocycles. The number of benzene rings is 2. The molecule has 1 N–H and O–H groups in total. The zero-order valence-corrected chi connectivity index (χ0v) is 19.1. The summed E-state index contributed by atoms with van der Waals surface area (Å²) in [5.41, 5.74) is 2.88. The fourth-order valence-electron chi connectivity index (χ4n) is 3.13. The monoisotopic (exact) mass is 437 g/mol. The van der Waals surface area contributed by atoms with Crippen LogP contribution >= 0.6 is 0 Å². The Balaban J connectivity index is 1.86. The van der Waals surface area contributed by atoms with E-state index in [1.54, 1.807) is 32.4 Å². The van der Waals surface area contributed by atoms with Crippen molar-refractivity contribution in [3.8, 4) is 28.7 Å². The van der Waals surface area contributed by atoms with Crippen LogP contribution in [0.1, 0.15) is 36.7 Å². The van der Waals surface area contributed by atoms with Crippen molar-refractivity contribution in [1.82, 2.24) is 10.1 Å². The van der Waals surface area contributed by atoms with E-state index in [0.717, 1.165) is 11.1 Å². The Hall–Kier alpha value is -3.81. The van der Waals surface area contributed by atoms with Crippen LogP contribution in [0.25, 0.3) is 17.5 Å². The zero-order chi connectivity index (χ0) is 23.3. The highest BCUT2D eigenvalue weighted by atomic mass is 16.5. The highest BCUT2D eigenvalue weighted by Crippen LogP contribution is 2.38. The standard InChI is InChI=1S/C24H27N3O5/c1-14(2)23-26-24(32-27-23)17-9-7-8-15(3)21(17)25-20(28)11-10-16-12-18(29-4)22(31-6)19(13-16)30-5/h7-14H,1-6H3,(H,25,28)/b11-10+. The Morgan fingerprint density at radius 2 is 1.78 bits per heavy atom. The molecule has 0 aliphatic carbocycles. The molecule has 0 spiro atoms. The molecular weight excluding hydrogens is 410 g/mol. The first-order valence-electron chi connectivity index (χ1n) is 10.1. The molecule has 0 unspecified atom stereocenters. The van der Waals surface area contributed by atoms with Crippen LogP contribution in [0.15, 0.2) is 40.9 Å². The fraction of sp³-hybridized carbons (Fsp3) is 0.292. The molecule has 1 amide bonds. The number of aryl methyl sites for hydroxylation is 1. The first kappa shape index (κ1) is 22.9. The van der Waals surface area contributed by atoms with Gasteiger partial charge < -0.3 is 24.1 Å². The molecule has 8 heteroatoms. The zero-order valence-electron chi connectivity index (χ0n) is 19.1. The molecule has 3 rings (SSSR count). The van der Waals surface area contributed by atoms with Gasteiger partial charge in [-0.3, -0.25) is 4.79 Å². The normalized spacial score (nSPS) is 11.1. The summed E-state index contributed by atoms with van der Waals surface area (Å²) in [6.07, 6.45) is 3.10. The van der Waals surface area contributed by atoms with Gasteiger partial charge in [-0.2, -0.15) is 4.98 Å². The van der Waals surface area contributed by atoms with Crippen molar-refractivity contribution in [3.05, 3.63) is 53.4 Å². The summed E-state index contributed by atoms with van der Waals surface area (Å²) in [6, 6.07) is 9.14. The van der Waals surface area contributed by atoms with Gasteiger partial charge in [-0.1, -0.05) is 31.1 Å². The average Bonchev–Trinajstić information content (AvgIpc) is 3.28. The predicted octanol–water partition coefficient (Wildman–Crippen LogP) is 4.85. The molecular formula is C24H27N3O5. The number of nitrogens with one attached hydrogen (secondary N) is 1. The van der Waals surface area contributed by atoms with Gasteiger partial charge in [0.25, 0.3) is 5.89 Å². The number of para-hydroxylation sites is 1. The molecule has 0 saturated heterocycles. The molecule has 168 valence electrons. The first-order chi connectivity index (χ1) is 15.4.